The Balaban J connectivity index is 1.73. The summed E-state index contributed by atoms with van der Waals surface area (Å²) in [5, 5.41) is 10.6. The molecule has 0 aliphatic heterocycles. The van der Waals surface area contributed by atoms with E-state index >= 15 is 0 Å². The summed E-state index contributed by atoms with van der Waals surface area (Å²) in [6.45, 7) is 2.29. The van der Waals surface area contributed by atoms with E-state index in [0.717, 1.165) is 21.2 Å². The predicted octanol–water partition coefficient (Wildman–Crippen LogP) is 6.08. The number of benzene rings is 3. The van der Waals surface area contributed by atoms with E-state index in [1.165, 1.54) is 17.6 Å². The molecule has 6 heteroatoms. The van der Waals surface area contributed by atoms with Crippen LogP contribution in [-0.2, 0) is 9.53 Å². The fourth-order valence-corrected chi connectivity index (χ4v) is 4.27. The number of aromatic hydroxyl groups is 1. The Morgan fingerprint density at radius 1 is 1.03 bits per heavy atom. The fourth-order valence-electron chi connectivity index (χ4n) is 3.14. The summed E-state index contributed by atoms with van der Waals surface area (Å²) in [5.41, 5.74) is 2.40. The number of carbonyl (C=O) groups is 2. The van der Waals surface area contributed by atoms with Gasteiger partial charge in [-0.15, -0.1) is 11.3 Å². The molecule has 1 heterocycles. The normalized spacial score (nSPS) is 11.0. The molecule has 0 aliphatic rings. The van der Waals surface area contributed by atoms with Gasteiger partial charge in [-0.2, -0.15) is 0 Å². The molecule has 0 amide bonds. The molecule has 0 saturated heterocycles. The number of hydrogen-bond donors (Lipinski definition) is 1. The van der Waals surface area contributed by atoms with Gasteiger partial charge in [-0.3, -0.25) is 9.59 Å². The third-order valence-electron chi connectivity index (χ3n) is 4.61. The third-order valence-corrected chi connectivity index (χ3v) is 5.74. The van der Waals surface area contributed by atoms with E-state index in [9.17, 15) is 14.7 Å². The molecular weight excluding hydrogens is 412 g/mol. The molecule has 3 aromatic carbocycles. The average Bonchev–Trinajstić information content (AvgIpc) is 3.12. The number of phenolic OH excluding ortho intramolecular Hbond substituents is 1. The molecule has 5 nitrogen and oxygen atoms in total. The fraction of sp³-hybridized carbons (Fsp3) is 0.0400. The number of ketones is 1. The average molecular weight is 430 g/mol. The first-order valence-electron chi connectivity index (χ1n) is 9.45. The van der Waals surface area contributed by atoms with Gasteiger partial charge in [0.15, 0.2) is 5.75 Å². The van der Waals surface area contributed by atoms with Crippen LogP contribution in [0.5, 0.6) is 17.2 Å². The maximum absolute atomic E-state index is 13.3. The van der Waals surface area contributed by atoms with Gasteiger partial charge in [-0.1, -0.05) is 35.9 Å². The highest BCUT2D eigenvalue weighted by Crippen LogP contribution is 2.42. The van der Waals surface area contributed by atoms with Crippen LogP contribution in [0.2, 0.25) is 0 Å². The number of hydrogen-bond acceptors (Lipinski definition) is 6. The van der Waals surface area contributed by atoms with E-state index in [1.54, 1.807) is 42.5 Å². The van der Waals surface area contributed by atoms with Gasteiger partial charge in [0.1, 0.15) is 16.4 Å². The minimum atomic E-state index is -0.134. The van der Waals surface area contributed by atoms with Crippen LogP contribution >= 0.6 is 11.3 Å². The second-order valence-electron chi connectivity index (χ2n) is 6.85. The lowest BCUT2D eigenvalue weighted by Gasteiger charge is -2.08. The first kappa shape index (κ1) is 20.4. The first-order valence-corrected chi connectivity index (χ1v) is 10.3. The van der Waals surface area contributed by atoms with Crippen molar-refractivity contribution in [3.8, 4) is 17.2 Å². The van der Waals surface area contributed by atoms with Crippen LogP contribution in [0.25, 0.3) is 16.2 Å². The summed E-state index contributed by atoms with van der Waals surface area (Å²) in [6, 6.07) is 19.5. The maximum Gasteiger partial charge on any atom is 0.297 e. The molecule has 154 valence electrons. The zero-order valence-corrected chi connectivity index (χ0v) is 17.4. The molecule has 0 atom stereocenters. The summed E-state index contributed by atoms with van der Waals surface area (Å²) < 4.78 is 11.5. The lowest BCUT2D eigenvalue weighted by molar-refractivity contribution is -0.123. The Bertz CT molecular complexity index is 1290. The molecular formula is C25H18O5S. The largest absolute Gasteiger partial charge is 0.508 e. The van der Waals surface area contributed by atoms with Crippen molar-refractivity contribution in [1.82, 2.24) is 0 Å². The number of thiophene rings is 1. The van der Waals surface area contributed by atoms with E-state index in [1.807, 2.05) is 37.3 Å². The zero-order valence-electron chi connectivity index (χ0n) is 16.6. The molecule has 0 fully saturated rings. The first-order chi connectivity index (χ1) is 15.0. The zero-order chi connectivity index (χ0) is 21.8. The van der Waals surface area contributed by atoms with Gasteiger partial charge in [0, 0.05) is 15.6 Å². The Hall–Kier alpha value is -3.90. The van der Waals surface area contributed by atoms with E-state index in [0.29, 0.717) is 28.4 Å². The van der Waals surface area contributed by atoms with Crippen LogP contribution in [-0.4, -0.2) is 17.4 Å². The van der Waals surface area contributed by atoms with Crippen molar-refractivity contribution in [2.45, 2.75) is 6.92 Å². The van der Waals surface area contributed by atoms with Crippen LogP contribution in [0.15, 0.2) is 73.0 Å². The van der Waals surface area contributed by atoms with Crippen molar-refractivity contribution >= 4 is 39.8 Å². The quantitative estimate of drug-likeness (QED) is 0.218. The van der Waals surface area contributed by atoms with Crippen LogP contribution < -0.4 is 4.74 Å². The van der Waals surface area contributed by atoms with Gasteiger partial charge in [-0.05, 0) is 55.0 Å². The van der Waals surface area contributed by atoms with Crippen LogP contribution in [0.4, 0.5) is 0 Å². The van der Waals surface area contributed by atoms with Crippen molar-refractivity contribution in [3.05, 3.63) is 94.6 Å². The van der Waals surface area contributed by atoms with Gasteiger partial charge in [0.25, 0.3) is 6.47 Å². The van der Waals surface area contributed by atoms with Crippen molar-refractivity contribution < 1.29 is 24.2 Å². The van der Waals surface area contributed by atoms with Crippen molar-refractivity contribution in [2.75, 3.05) is 0 Å². The molecule has 4 rings (SSSR count). The Morgan fingerprint density at radius 3 is 2.58 bits per heavy atom. The second kappa shape index (κ2) is 8.85. The highest BCUT2D eigenvalue weighted by atomic mass is 32.1. The van der Waals surface area contributed by atoms with E-state index in [-0.39, 0.29) is 11.5 Å². The third kappa shape index (κ3) is 4.49. The van der Waals surface area contributed by atoms with Crippen LogP contribution in [0.3, 0.4) is 0 Å². The van der Waals surface area contributed by atoms with Gasteiger partial charge < -0.3 is 14.6 Å². The number of fused-ring (bicyclic) bond motifs is 1. The summed E-state index contributed by atoms with van der Waals surface area (Å²) in [4.78, 5) is 24.0. The van der Waals surface area contributed by atoms with E-state index in [2.05, 4.69) is 4.74 Å². The topological polar surface area (TPSA) is 72.8 Å². The maximum atomic E-state index is 13.3. The molecule has 0 saturated carbocycles. The summed E-state index contributed by atoms with van der Waals surface area (Å²) >= 11 is 1.29. The molecule has 4 aromatic rings. The number of rotatable bonds is 7. The van der Waals surface area contributed by atoms with Gasteiger partial charge in [0.05, 0.1) is 6.26 Å². The minimum absolute atomic E-state index is 0.128. The smallest absolute Gasteiger partial charge is 0.297 e. The lowest BCUT2D eigenvalue weighted by atomic mass is 10.1. The summed E-state index contributed by atoms with van der Waals surface area (Å²) in [7, 11) is 0. The minimum Gasteiger partial charge on any atom is -0.508 e. The molecule has 1 N–H and O–H groups in total. The number of aryl methyl sites for hydroxylation is 1. The molecule has 1 aromatic heterocycles. The molecule has 0 spiro atoms. The Labute approximate surface area is 182 Å². The van der Waals surface area contributed by atoms with E-state index < -0.39 is 0 Å². The predicted molar refractivity (Wildman–Crippen MR) is 121 cm³/mol. The van der Waals surface area contributed by atoms with Crippen LogP contribution in [0, 0.1) is 6.92 Å². The van der Waals surface area contributed by atoms with Crippen molar-refractivity contribution in [3.63, 3.8) is 0 Å². The second-order valence-corrected chi connectivity index (χ2v) is 7.90. The lowest BCUT2D eigenvalue weighted by Crippen LogP contribution is -2.01. The Morgan fingerprint density at radius 2 is 1.84 bits per heavy atom. The van der Waals surface area contributed by atoms with Gasteiger partial charge >= 0.3 is 0 Å². The number of carbonyl (C=O) groups excluding carboxylic acids is 2. The Kier molecular flexibility index (Phi) is 5.82. The molecule has 31 heavy (non-hydrogen) atoms. The SMILES string of the molecule is Cc1cccc(C(=O)c2sc3cc(O)ccc3c2Oc2ccc(/C=C/OC=O)cc2)c1. The highest BCUT2D eigenvalue weighted by Gasteiger charge is 2.22. The van der Waals surface area contributed by atoms with Crippen LogP contribution in [0.1, 0.15) is 26.4 Å². The standard InChI is InChI=1S/C25H18O5S/c1-16-3-2-4-18(13-16)23(28)25-24(21-10-7-19(27)14-22(21)31-25)30-20-8-5-17(6-9-20)11-12-29-15-26/h2-15,27H,1H3/b12-11+. The van der Waals surface area contributed by atoms with E-state index in [4.69, 9.17) is 4.74 Å². The molecule has 0 radical (unpaired) electrons. The molecule has 0 bridgehead atoms. The van der Waals surface area contributed by atoms with Gasteiger partial charge in [-0.25, -0.2) is 0 Å². The summed E-state index contributed by atoms with van der Waals surface area (Å²) in [6.07, 6.45) is 2.94. The molecule has 0 aliphatic carbocycles. The molecule has 0 unspecified atom stereocenters. The highest BCUT2D eigenvalue weighted by molar-refractivity contribution is 7.21. The monoisotopic (exact) mass is 430 g/mol. The van der Waals surface area contributed by atoms with Crippen molar-refractivity contribution in [1.29, 1.82) is 0 Å². The van der Waals surface area contributed by atoms with Gasteiger partial charge in [0.2, 0.25) is 5.78 Å². The number of ether oxygens (including phenoxy) is 2. The number of phenols is 1. The summed E-state index contributed by atoms with van der Waals surface area (Å²) in [5.74, 6) is 1.01. The van der Waals surface area contributed by atoms with Crippen molar-refractivity contribution in [2.24, 2.45) is 0 Å².